The minimum absolute atomic E-state index is 0.263. The van der Waals surface area contributed by atoms with Gasteiger partial charge in [0.05, 0.1) is 12.5 Å². The number of ether oxygens (including phenoxy) is 1. The van der Waals surface area contributed by atoms with Gasteiger partial charge in [-0.25, -0.2) is 14.8 Å². The Morgan fingerprint density at radius 1 is 1.43 bits per heavy atom. The zero-order chi connectivity index (χ0) is 15.4. The van der Waals surface area contributed by atoms with Gasteiger partial charge < -0.3 is 10.1 Å². The van der Waals surface area contributed by atoms with Crippen LogP contribution in [0.15, 0.2) is 12.4 Å². The first-order valence-electron chi connectivity index (χ1n) is 7.12. The van der Waals surface area contributed by atoms with E-state index in [2.05, 4.69) is 42.1 Å². The van der Waals surface area contributed by atoms with Crippen LogP contribution in [0.5, 0.6) is 0 Å². The molecule has 114 valence electrons. The number of esters is 1. The number of hydrogen-bond acceptors (Lipinski definition) is 6. The van der Waals surface area contributed by atoms with Crippen LogP contribution in [-0.2, 0) is 16.0 Å². The molecule has 0 amide bonds. The first-order chi connectivity index (χ1) is 10.0. The van der Waals surface area contributed by atoms with Crippen molar-refractivity contribution in [1.29, 1.82) is 0 Å². The molecule has 2 aromatic heterocycles. The molecule has 5 nitrogen and oxygen atoms in total. The molecule has 2 heterocycles. The van der Waals surface area contributed by atoms with Crippen LogP contribution >= 0.6 is 11.3 Å². The van der Waals surface area contributed by atoms with E-state index in [1.54, 1.807) is 11.3 Å². The molecule has 1 unspecified atom stereocenters. The molecule has 6 heteroatoms. The van der Waals surface area contributed by atoms with Gasteiger partial charge in [-0.05, 0) is 24.8 Å². The van der Waals surface area contributed by atoms with Crippen molar-refractivity contribution in [2.24, 2.45) is 5.92 Å². The minimum atomic E-state index is -0.391. The average molecular weight is 307 g/mol. The van der Waals surface area contributed by atoms with Crippen LogP contribution in [-0.4, -0.2) is 29.1 Å². The highest BCUT2D eigenvalue weighted by Gasteiger charge is 2.22. The number of fused-ring (bicyclic) bond motifs is 1. The molecule has 0 aliphatic carbocycles. The summed E-state index contributed by atoms with van der Waals surface area (Å²) in [5.41, 5.74) is 0. The number of nitrogens with zero attached hydrogens (tertiary/aromatic N) is 2. The lowest BCUT2D eigenvalue weighted by atomic mass is 10.0. The lowest BCUT2D eigenvalue weighted by molar-refractivity contribution is -0.141. The third-order valence-corrected chi connectivity index (χ3v) is 4.42. The fourth-order valence-corrected chi connectivity index (χ4v) is 3.12. The molecule has 0 saturated heterocycles. The van der Waals surface area contributed by atoms with Crippen LogP contribution in [0.1, 0.15) is 32.1 Å². The van der Waals surface area contributed by atoms with Gasteiger partial charge in [0.15, 0.2) is 0 Å². The molecular formula is C15H21N3O2S. The van der Waals surface area contributed by atoms with Crippen LogP contribution < -0.4 is 5.32 Å². The molecule has 0 aliphatic rings. The summed E-state index contributed by atoms with van der Waals surface area (Å²) in [6.07, 6.45) is 3.19. The maximum atomic E-state index is 11.9. The third kappa shape index (κ3) is 3.69. The van der Waals surface area contributed by atoms with E-state index in [0.29, 0.717) is 18.2 Å². The lowest BCUT2D eigenvalue weighted by Crippen LogP contribution is -2.32. The molecule has 1 atom stereocenters. The Morgan fingerprint density at radius 3 is 2.81 bits per heavy atom. The highest BCUT2D eigenvalue weighted by molar-refractivity contribution is 7.18. The summed E-state index contributed by atoms with van der Waals surface area (Å²) in [4.78, 5) is 22.7. The molecule has 1 N–H and O–H groups in total. The van der Waals surface area contributed by atoms with Crippen molar-refractivity contribution >= 4 is 33.3 Å². The number of rotatable bonds is 6. The number of aromatic nitrogens is 2. The van der Waals surface area contributed by atoms with E-state index in [9.17, 15) is 4.79 Å². The van der Waals surface area contributed by atoms with Gasteiger partial charge in [0.1, 0.15) is 23.0 Å². The van der Waals surface area contributed by atoms with E-state index in [1.165, 1.54) is 18.3 Å². The summed E-state index contributed by atoms with van der Waals surface area (Å²) in [6, 6.07) is 1.70. The third-order valence-electron chi connectivity index (χ3n) is 3.23. The second kappa shape index (κ2) is 6.85. The fraction of sp³-hybridized carbons (Fsp3) is 0.533. The predicted octanol–water partition coefficient (Wildman–Crippen LogP) is 3.25. The maximum Gasteiger partial charge on any atom is 0.328 e. The van der Waals surface area contributed by atoms with Crippen molar-refractivity contribution in [3.05, 3.63) is 17.3 Å². The predicted molar refractivity (Wildman–Crippen MR) is 85.7 cm³/mol. The Bertz CT molecular complexity index is 624. The topological polar surface area (TPSA) is 64.1 Å². The van der Waals surface area contributed by atoms with Crippen LogP contribution in [0.25, 0.3) is 10.2 Å². The molecule has 2 rings (SSSR count). The number of carbonyl (C=O) groups excluding carboxylic acids is 1. The highest BCUT2D eigenvalue weighted by atomic mass is 32.1. The molecule has 0 aliphatic heterocycles. The Balaban J connectivity index is 2.31. The van der Waals surface area contributed by atoms with Gasteiger partial charge in [-0.2, -0.15) is 0 Å². The zero-order valence-electron chi connectivity index (χ0n) is 12.8. The number of aryl methyl sites for hydroxylation is 1. The summed E-state index contributed by atoms with van der Waals surface area (Å²) in [5, 5.41) is 4.19. The average Bonchev–Trinajstić information content (AvgIpc) is 2.89. The van der Waals surface area contributed by atoms with Gasteiger partial charge in [0.2, 0.25) is 0 Å². The molecule has 0 spiro atoms. The van der Waals surface area contributed by atoms with E-state index >= 15 is 0 Å². The molecular weight excluding hydrogens is 286 g/mol. The normalized spacial score (nSPS) is 12.6. The zero-order valence-corrected chi connectivity index (χ0v) is 13.7. The number of nitrogens with one attached hydrogen (secondary N) is 1. The Morgan fingerprint density at radius 2 is 2.19 bits per heavy atom. The van der Waals surface area contributed by atoms with E-state index in [1.807, 2.05) is 0 Å². The van der Waals surface area contributed by atoms with Crippen LogP contribution in [0.2, 0.25) is 0 Å². The van der Waals surface area contributed by atoms with Crippen molar-refractivity contribution in [3.63, 3.8) is 0 Å². The number of anilines is 1. The molecule has 0 fully saturated rings. The van der Waals surface area contributed by atoms with Crippen molar-refractivity contribution in [2.75, 3.05) is 12.4 Å². The molecule has 0 radical (unpaired) electrons. The molecule has 0 bridgehead atoms. The summed E-state index contributed by atoms with van der Waals surface area (Å²) in [7, 11) is 1.41. The maximum absolute atomic E-state index is 11.9. The quantitative estimate of drug-likeness (QED) is 0.830. The van der Waals surface area contributed by atoms with E-state index in [4.69, 9.17) is 4.74 Å². The molecule has 21 heavy (non-hydrogen) atoms. The van der Waals surface area contributed by atoms with Gasteiger partial charge in [-0.3, -0.25) is 0 Å². The second-order valence-corrected chi connectivity index (χ2v) is 6.47. The van der Waals surface area contributed by atoms with E-state index in [0.717, 1.165) is 16.6 Å². The van der Waals surface area contributed by atoms with Crippen molar-refractivity contribution < 1.29 is 9.53 Å². The van der Waals surface area contributed by atoms with Crippen molar-refractivity contribution in [3.8, 4) is 0 Å². The molecule has 0 saturated carbocycles. The number of methoxy groups -OCH3 is 1. The second-order valence-electron chi connectivity index (χ2n) is 5.36. The molecule has 2 aromatic rings. The first kappa shape index (κ1) is 15.7. The highest BCUT2D eigenvalue weighted by Crippen LogP contribution is 2.29. The monoisotopic (exact) mass is 307 g/mol. The summed E-state index contributed by atoms with van der Waals surface area (Å²) in [5.74, 6) is 0.820. The van der Waals surface area contributed by atoms with Gasteiger partial charge in [0.25, 0.3) is 0 Å². The van der Waals surface area contributed by atoms with Gasteiger partial charge in [-0.1, -0.05) is 20.8 Å². The Hall–Kier alpha value is -1.69. The van der Waals surface area contributed by atoms with Gasteiger partial charge in [-0.15, -0.1) is 11.3 Å². The van der Waals surface area contributed by atoms with E-state index < -0.39 is 6.04 Å². The summed E-state index contributed by atoms with van der Waals surface area (Å²) < 4.78 is 4.88. The molecule has 0 aromatic carbocycles. The fourth-order valence-electron chi connectivity index (χ4n) is 2.19. The smallest absolute Gasteiger partial charge is 0.328 e. The van der Waals surface area contributed by atoms with Gasteiger partial charge >= 0.3 is 5.97 Å². The lowest BCUT2D eigenvalue weighted by Gasteiger charge is -2.19. The van der Waals surface area contributed by atoms with Crippen molar-refractivity contribution in [2.45, 2.75) is 39.7 Å². The number of thiophene rings is 1. The van der Waals surface area contributed by atoms with Crippen LogP contribution in [0.3, 0.4) is 0 Å². The van der Waals surface area contributed by atoms with Crippen molar-refractivity contribution in [1.82, 2.24) is 9.97 Å². The summed E-state index contributed by atoms with van der Waals surface area (Å²) in [6.45, 7) is 6.27. The SMILES string of the molecule is CCc1cc2c(NC(CC(C)C)C(=O)OC)ncnc2s1. The number of hydrogen-bond donors (Lipinski definition) is 1. The largest absolute Gasteiger partial charge is 0.467 e. The van der Waals surface area contributed by atoms with E-state index in [-0.39, 0.29) is 5.97 Å². The number of carbonyl (C=O) groups is 1. The van der Waals surface area contributed by atoms with Crippen LogP contribution in [0, 0.1) is 5.92 Å². The standard InChI is InChI=1S/C15H21N3O2S/c1-5-10-7-11-13(16-8-17-14(11)21-10)18-12(6-9(2)3)15(19)20-4/h7-9,12H,5-6H2,1-4H3,(H,16,17,18). The Labute approximate surface area is 128 Å². The van der Waals surface area contributed by atoms with Crippen LogP contribution in [0.4, 0.5) is 5.82 Å². The Kier molecular flexibility index (Phi) is 5.12. The van der Waals surface area contributed by atoms with Gasteiger partial charge in [0, 0.05) is 4.88 Å². The minimum Gasteiger partial charge on any atom is -0.467 e. The summed E-state index contributed by atoms with van der Waals surface area (Å²) >= 11 is 1.66. The first-order valence-corrected chi connectivity index (χ1v) is 7.94.